The molecule has 0 unspecified atom stereocenters. The third kappa shape index (κ3) is 2.71. The van der Waals surface area contributed by atoms with Gasteiger partial charge in [-0.05, 0) is 31.4 Å². The fraction of sp³-hybridized carbons (Fsp3) is 0.400. The number of rotatable bonds is 3. The number of hydrogen-bond acceptors (Lipinski definition) is 0. The van der Waals surface area contributed by atoms with Gasteiger partial charge in [0.25, 0.3) is 0 Å². The van der Waals surface area contributed by atoms with Crippen LogP contribution in [0.3, 0.4) is 0 Å². The van der Waals surface area contributed by atoms with Crippen LogP contribution < -0.4 is 0 Å². The number of allylic oxidation sites excluding steroid dienone is 4. The molecule has 62 valence electrons. The zero-order valence-electron chi connectivity index (χ0n) is 7.50. The summed E-state index contributed by atoms with van der Waals surface area (Å²) in [5, 5.41) is 0. The molecule has 1 heteroatoms. The van der Waals surface area contributed by atoms with Crippen molar-refractivity contribution in [3.05, 3.63) is 35.7 Å². The second-order valence-corrected chi connectivity index (χ2v) is 2.71. The molecule has 0 amide bonds. The zero-order chi connectivity index (χ0) is 9.02. The zero-order valence-corrected chi connectivity index (χ0v) is 7.50. The molecule has 0 N–H and O–H groups in total. The van der Waals surface area contributed by atoms with Gasteiger partial charge in [0.2, 0.25) is 0 Å². The SMILES string of the molecule is C=C(C)/C(F)=C(/CC)C(=C)C. The summed E-state index contributed by atoms with van der Waals surface area (Å²) in [5.41, 5.74) is 1.94. The average molecular weight is 154 g/mol. The summed E-state index contributed by atoms with van der Waals surface area (Å²) < 4.78 is 13.2. The number of halogens is 1. The predicted octanol–water partition coefficient (Wildman–Crippen LogP) is 3.77. The molecule has 0 saturated heterocycles. The molecule has 0 radical (unpaired) electrons. The van der Waals surface area contributed by atoms with E-state index in [4.69, 9.17) is 0 Å². The fourth-order valence-electron chi connectivity index (χ4n) is 0.902. The van der Waals surface area contributed by atoms with E-state index in [1.807, 2.05) is 6.92 Å². The van der Waals surface area contributed by atoms with Crippen LogP contribution >= 0.6 is 0 Å². The smallest absolute Gasteiger partial charge is 0.128 e. The van der Waals surface area contributed by atoms with E-state index in [-0.39, 0.29) is 5.83 Å². The van der Waals surface area contributed by atoms with E-state index in [9.17, 15) is 4.39 Å². The second-order valence-electron chi connectivity index (χ2n) is 2.71. The Hall–Kier alpha value is -0.850. The van der Waals surface area contributed by atoms with E-state index in [2.05, 4.69) is 13.2 Å². The van der Waals surface area contributed by atoms with Gasteiger partial charge in [0.05, 0.1) is 0 Å². The van der Waals surface area contributed by atoms with Gasteiger partial charge in [0, 0.05) is 0 Å². The lowest BCUT2D eigenvalue weighted by Crippen LogP contribution is -1.88. The minimum Gasteiger partial charge on any atom is -0.206 e. The third-order valence-corrected chi connectivity index (χ3v) is 1.51. The Balaban J connectivity index is 4.83. The van der Waals surface area contributed by atoms with Crippen LogP contribution in [0.2, 0.25) is 0 Å². The highest BCUT2D eigenvalue weighted by atomic mass is 19.1. The summed E-state index contributed by atoms with van der Waals surface area (Å²) in [6.07, 6.45) is 0.675. The Morgan fingerprint density at radius 2 is 1.64 bits per heavy atom. The molecular weight excluding hydrogens is 139 g/mol. The van der Waals surface area contributed by atoms with E-state index in [1.165, 1.54) is 0 Å². The minimum atomic E-state index is -0.208. The standard InChI is InChI=1S/C10H15F/c1-6-9(7(2)3)10(11)8(4)5/h2,4,6H2,1,3,5H3/b10-9+. The first-order valence-corrected chi connectivity index (χ1v) is 3.71. The van der Waals surface area contributed by atoms with Crippen molar-refractivity contribution in [3.8, 4) is 0 Å². The van der Waals surface area contributed by atoms with Crippen molar-refractivity contribution in [2.75, 3.05) is 0 Å². The van der Waals surface area contributed by atoms with Crippen LogP contribution in [0.15, 0.2) is 35.7 Å². The van der Waals surface area contributed by atoms with Gasteiger partial charge in [0.1, 0.15) is 5.83 Å². The fourth-order valence-corrected chi connectivity index (χ4v) is 0.902. The van der Waals surface area contributed by atoms with Crippen molar-refractivity contribution in [1.82, 2.24) is 0 Å². The summed E-state index contributed by atoms with van der Waals surface area (Å²) in [4.78, 5) is 0. The number of hydrogen-bond donors (Lipinski definition) is 0. The van der Waals surface area contributed by atoms with Crippen molar-refractivity contribution in [3.63, 3.8) is 0 Å². The lowest BCUT2D eigenvalue weighted by Gasteiger charge is -2.05. The van der Waals surface area contributed by atoms with Crippen LogP contribution in [0, 0.1) is 0 Å². The molecule has 0 bridgehead atoms. The van der Waals surface area contributed by atoms with Crippen LogP contribution in [-0.4, -0.2) is 0 Å². The summed E-state index contributed by atoms with van der Waals surface area (Å²) in [7, 11) is 0. The highest BCUT2D eigenvalue weighted by Crippen LogP contribution is 2.22. The summed E-state index contributed by atoms with van der Waals surface area (Å²) in [6, 6.07) is 0. The molecule has 0 atom stereocenters. The Kier molecular flexibility index (Phi) is 3.80. The maximum atomic E-state index is 13.2. The van der Waals surface area contributed by atoms with Gasteiger partial charge in [-0.1, -0.05) is 25.7 Å². The van der Waals surface area contributed by atoms with Gasteiger partial charge < -0.3 is 0 Å². The highest BCUT2D eigenvalue weighted by molar-refractivity contribution is 5.36. The summed E-state index contributed by atoms with van der Waals surface area (Å²) in [5.74, 6) is -0.208. The van der Waals surface area contributed by atoms with Gasteiger partial charge in [-0.2, -0.15) is 0 Å². The van der Waals surface area contributed by atoms with E-state index >= 15 is 0 Å². The Morgan fingerprint density at radius 1 is 1.18 bits per heavy atom. The molecule has 0 fully saturated rings. The average Bonchev–Trinajstić information content (AvgIpc) is 1.88. The van der Waals surface area contributed by atoms with Crippen LogP contribution in [0.4, 0.5) is 4.39 Å². The van der Waals surface area contributed by atoms with Crippen molar-refractivity contribution >= 4 is 0 Å². The van der Waals surface area contributed by atoms with Crippen LogP contribution in [0.1, 0.15) is 27.2 Å². The van der Waals surface area contributed by atoms with Gasteiger partial charge >= 0.3 is 0 Å². The quantitative estimate of drug-likeness (QED) is 0.543. The second kappa shape index (κ2) is 4.12. The molecule has 11 heavy (non-hydrogen) atoms. The monoisotopic (exact) mass is 154 g/mol. The molecule has 0 spiro atoms. The lowest BCUT2D eigenvalue weighted by molar-refractivity contribution is 0.636. The van der Waals surface area contributed by atoms with Gasteiger partial charge in [-0.3, -0.25) is 0 Å². The highest BCUT2D eigenvalue weighted by Gasteiger charge is 2.04. The largest absolute Gasteiger partial charge is 0.206 e. The van der Waals surface area contributed by atoms with Crippen LogP contribution in [0.25, 0.3) is 0 Å². The third-order valence-electron chi connectivity index (χ3n) is 1.51. The lowest BCUT2D eigenvalue weighted by atomic mass is 10.0. The van der Waals surface area contributed by atoms with Crippen LogP contribution in [0.5, 0.6) is 0 Å². The van der Waals surface area contributed by atoms with E-state index in [0.29, 0.717) is 17.6 Å². The first-order chi connectivity index (χ1) is 5.00. The predicted molar refractivity (Wildman–Crippen MR) is 48.1 cm³/mol. The first-order valence-electron chi connectivity index (χ1n) is 3.71. The molecule has 0 aliphatic rings. The Bertz CT molecular complexity index is 209. The molecule has 0 saturated carbocycles. The molecule has 0 nitrogen and oxygen atoms in total. The van der Waals surface area contributed by atoms with Crippen molar-refractivity contribution < 1.29 is 4.39 Å². The Labute approximate surface area is 68.1 Å². The molecule has 0 rings (SSSR count). The molecular formula is C10H15F. The summed E-state index contributed by atoms with van der Waals surface area (Å²) in [6.45, 7) is 12.6. The molecule has 0 aromatic carbocycles. The van der Waals surface area contributed by atoms with E-state index in [0.717, 1.165) is 5.57 Å². The molecule has 0 aromatic heterocycles. The Morgan fingerprint density at radius 3 is 1.73 bits per heavy atom. The van der Waals surface area contributed by atoms with Crippen molar-refractivity contribution in [2.45, 2.75) is 27.2 Å². The first kappa shape index (κ1) is 10.2. The van der Waals surface area contributed by atoms with Crippen molar-refractivity contribution in [2.24, 2.45) is 0 Å². The maximum Gasteiger partial charge on any atom is 0.128 e. The van der Waals surface area contributed by atoms with Gasteiger partial charge in [0.15, 0.2) is 0 Å². The van der Waals surface area contributed by atoms with E-state index < -0.39 is 0 Å². The normalized spacial score (nSPS) is 12.4. The minimum absolute atomic E-state index is 0.208. The molecule has 0 heterocycles. The molecule has 0 aliphatic heterocycles. The van der Waals surface area contributed by atoms with Gasteiger partial charge in [-0.15, -0.1) is 0 Å². The summed E-state index contributed by atoms with van der Waals surface area (Å²) >= 11 is 0. The van der Waals surface area contributed by atoms with Gasteiger partial charge in [-0.25, -0.2) is 4.39 Å². The van der Waals surface area contributed by atoms with E-state index in [1.54, 1.807) is 13.8 Å². The van der Waals surface area contributed by atoms with Crippen LogP contribution in [-0.2, 0) is 0 Å². The van der Waals surface area contributed by atoms with Crippen molar-refractivity contribution in [1.29, 1.82) is 0 Å². The molecule has 0 aliphatic carbocycles. The topological polar surface area (TPSA) is 0 Å². The molecule has 0 aromatic rings. The maximum absolute atomic E-state index is 13.2.